The van der Waals surface area contributed by atoms with Crippen molar-refractivity contribution in [3.05, 3.63) is 0 Å². The first-order valence-corrected chi connectivity index (χ1v) is 12.2. The molecule has 9 nitrogen and oxygen atoms in total. The molecule has 1 atom stereocenters. The van der Waals surface area contributed by atoms with Crippen LogP contribution in [0.15, 0.2) is 0 Å². The lowest BCUT2D eigenvalue weighted by Gasteiger charge is -2.38. The van der Waals surface area contributed by atoms with Gasteiger partial charge in [0.1, 0.15) is 0 Å². The molecule has 0 saturated carbocycles. The number of hydrogen-bond donors (Lipinski definition) is 1. The number of piperidine rings is 1. The van der Waals surface area contributed by atoms with Crippen molar-refractivity contribution in [3.8, 4) is 0 Å². The molecule has 2 aliphatic heterocycles. The number of carbonyl (C=O) groups excluding carboxylic acids is 2. The number of sulfonamides is 1. The zero-order chi connectivity index (χ0) is 21.3. The molecule has 0 spiro atoms. The summed E-state index contributed by atoms with van der Waals surface area (Å²) in [4.78, 5) is 28.8. The Balaban J connectivity index is 1.76. The average Bonchev–Trinajstić information content (AvgIpc) is 2.71. The van der Waals surface area contributed by atoms with Crippen molar-refractivity contribution in [2.45, 2.75) is 32.6 Å². The minimum atomic E-state index is -3.26. The van der Waals surface area contributed by atoms with Gasteiger partial charge in [0.25, 0.3) is 0 Å². The number of rotatable bonds is 10. The van der Waals surface area contributed by atoms with Crippen molar-refractivity contribution in [3.63, 3.8) is 0 Å². The molecule has 2 aliphatic rings. The van der Waals surface area contributed by atoms with Crippen LogP contribution in [0.2, 0.25) is 0 Å². The predicted molar refractivity (Wildman–Crippen MR) is 111 cm³/mol. The van der Waals surface area contributed by atoms with E-state index >= 15 is 0 Å². The lowest BCUT2D eigenvalue weighted by Crippen LogP contribution is -2.54. The number of hydrogen-bond acceptors (Lipinski definition) is 6. The fourth-order valence-corrected chi connectivity index (χ4v) is 5.46. The molecule has 0 aliphatic carbocycles. The molecule has 1 N–H and O–H groups in total. The minimum Gasteiger partial charge on any atom is -0.385 e. The highest BCUT2D eigenvalue weighted by Crippen LogP contribution is 2.22. The monoisotopic (exact) mass is 432 g/mol. The van der Waals surface area contributed by atoms with Crippen LogP contribution < -0.4 is 5.32 Å². The number of amides is 2. The normalized spacial score (nSPS) is 21.9. The van der Waals surface area contributed by atoms with Crippen LogP contribution in [0.1, 0.15) is 32.6 Å². The van der Waals surface area contributed by atoms with Crippen LogP contribution in [0.4, 0.5) is 0 Å². The maximum absolute atomic E-state index is 12.9. The van der Waals surface area contributed by atoms with E-state index in [1.165, 1.54) is 4.31 Å². The third-order valence-electron chi connectivity index (χ3n) is 5.49. The summed E-state index contributed by atoms with van der Waals surface area (Å²) >= 11 is 0. The number of ether oxygens (including phenoxy) is 1. The summed E-state index contributed by atoms with van der Waals surface area (Å²) in [6.45, 7) is 6.69. The second-order valence-corrected chi connectivity index (χ2v) is 9.90. The minimum absolute atomic E-state index is 0.00932. The molecule has 29 heavy (non-hydrogen) atoms. The Kier molecular flexibility index (Phi) is 9.81. The molecule has 0 aromatic rings. The molecule has 1 unspecified atom stereocenters. The first-order chi connectivity index (χ1) is 13.9. The van der Waals surface area contributed by atoms with Gasteiger partial charge in [0, 0.05) is 59.5 Å². The molecule has 2 saturated heterocycles. The molecule has 0 aromatic carbocycles. The van der Waals surface area contributed by atoms with E-state index in [4.69, 9.17) is 4.74 Å². The molecular weight excluding hydrogens is 396 g/mol. The summed E-state index contributed by atoms with van der Waals surface area (Å²) in [5, 5.41) is 2.88. The van der Waals surface area contributed by atoms with Gasteiger partial charge in [-0.25, -0.2) is 12.7 Å². The van der Waals surface area contributed by atoms with E-state index in [2.05, 4.69) is 5.32 Å². The Morgan fingerprint density at radius 2 is 1.86 bits per heavy atom. The molecule has 0 aromatic heterocycles. The Morgan fingerprint density at radius 3 is 2.52 bits per heavy atom. The second kappa shape index (κ2) is 11.8. The lowest BCUT2D eigenvalue weighted by molar-refractivity contribution is -0.138. The zero-order valence-electron chi connectivity index (χ0n) is 17.8. The Morgan fingerprint density at radius 1 is 1.14 bits per heavy atom. The van der Waals surface area contributed by atoms with Gasteiger partial charge >= 0.3 is 0 Å². The number of nitrogens with one attached hydrogen (secondary N) is 1. The second-order valence-electron chi connectivity index (χ2n) is 7.81. The van der Waals surface area contributed by atoms with Gasteiger partial charge in [-0.2, -0.15) is 0 Å². The van der Waals surface area contributed by atoms with Gasteiger partial charge in [-0.1, -0.05) is 6.92 Å². The Bertz CT molecular complexity index is 635. The van der Waals surface area contributed by atoms with E-state index in [1.54, 1.807) is 7.11 Å². The van der Waals surface area contributed by atoms with E-state index in [0.717, 1.165) is 19.3 Å². The highest BCUT2D eigenvalue weighted by Gasteiger charge is 2.34. The Labute approximate surface area is 174 Å². The van der Waals surface area contributed by atoms with Gasteiger partial charge in [-0.05, 0) is 25.7 Å². The van der Waals surface area contributed by atoms with Crippen LogP contribution >= 0.6 is 0 Å². The SMILES string of the molecule is CCCS(=O)(=O)N1CCCC(C(=O)N2CCN(CC(=O)NCCCOC)CC2)C1. The van der Waals surface area contributed by atoms with Gasteiger partial charge in [0.2, 0.25) is 21.8 Å². The van der Waals surface area contributed by atoms with Gasteiger partial charge in [0.05, 0.1) is 18.2 Å². The van der Waals surface area contributed by atoms with Crippen LogP contribution in [0.5, 0.6) is 0 Å². The molecule has 0 bridgehead atoms. The standard InChI is InChI=1S/C19H36N4O5S/c1-3-14-29(26,27)23-8-4-6-17(15-23)19(25)22-11-9-21(10-12-22)16-18(24)20-7-5-13-28-2/h17H,3-16H2,1-2H3,(H,20,24). The topological polar surface area (TPSA) is 99.3 Å². The third-order valence-corrected chi connectivity index (χ3v) is 7.53. The summed E-state index contributed by atoms with van der Waals surface area (Å²) in [5.74, 6) is -0.0823. The van der Waals surface area contributed by atoms with E-state index in [9.17, 15) is 18.0 Å². The number of piperazine rings is 1. The molecule has 2 amide bonds. The van der Waals surface area contributed by atoms with E-state index < -0.39 is 10.0 Å². The fraction of sp³-hybridized carbons (Fsp3) is 0.895. The molecule has 168 valence electrons. The van der Waals surface area contributed by atoms with Crippen LogP contribution in [-0.2, 0) is 24.3 Å². The van der Waals surface area contributed by atoms with Gasteiger partial charge in [0.15, 0.2) is 0 Å². The molecule has 2 rings (SSSR count). The third kappa shape index (κ3) is 7.51. The summed E-state index contributed by atoms with van der Waals surface area (Å²) in [6, 6.07) is 0. The van der Waals surface area contributed by atoms with Crippen LogP contribution in [0, 0.1) is 5.92 Å². The maximum atomic E-state index is 12.9. The van der Waals surface area contributed by atoms with Crippen molar-refractivity contribution in [2.24, 2.45) is 5.92 Å². The van der Waals surface area contributed by atoms with E-state index in [-0.39, 0.29) is 23.5 Å². The highest BCUT2D eigenvalue weighted by atomic mass is 32.2. The average molecular weight is 433 g/mol. The van der Waals surface area contributed by atoms with Gasteiger partial charge in [-0.15, -0.1) is 0 Å². The van der Waals surface area contributed by atoms with Crippen molar-refractivity contribution < 1.29 is 22.7 Å². The van der Waals surface area contributed by atoms with Crippen molar-refractivity contribution in [1.29, 1.82) is 0 Å². The Hall–Kier alpha value is -1.23. The maximum Gasteiger partial charge on any atom is 0.234 e. The first kappa shape index (κ1) is 24.0. The van der Waals surface area contributed by atoms with E-state index in [0.29, 0.717) is 65.4 Å². The fourth-order valence-electron chi connectivity index (χ4n) is 3.87. The van der Waals surface area contributed by atoms with Crippen LogP contribution in [0.25, 0.3) is 0 Å². The predicted octanol–water partition coefficient (Wildman–Crippen LogP) is -0.265. The van der Waals surface area contributed by atoms with Crippen LogP contribution in [0.3, 0.4) is 0 Å². The molecule has 10 heteroatoms. The summed E-state index contributed by atoms with van der Waals surface area (Å²) < 4.78 is 31.1. The summed E-state index contributed by atoms with van der Waals surface area (Å²) in [7, 11) is -1.63. The summed E-state index contributed by atoms with van der Waals surface area (Å²) in [5.41, 5.74) is 0. The molecule has 2 fully saturated rings. The van der Waals surface area contributed by atoms with E-state index in [1.807, 2.05) is 16.7 Å². The molecule has 2 heterocycles. The zero-order valence-corrected chi connectivity index (χ0v) is 18.6. The number of methoxy groups -OCH3 is 1. The van der Waals surface area contributed by atoms with Gasteiger partial charge in [-0.3, -0.25) is 14.5 Å². The molecule has 0 radical (unpaired) electrons. The van der Waals surface area contributed by atoms with Crippen molar-refractivity contribution in [1.82, 2.24) is 19.4 Å². The van der Waals surface area contributed by atoms with Crippen LogP contribution in [-0.4, -0.2) is 106 Å². The van der Waals surface area contributed by atoms with Crippen molar-refractivity contribution in [2.75, 3.05) is 71.8 Å². The quantitative estimate of drug-likeness (QED) is 0.478. The lowest BCUT2D eigenvalue weighted by atomic mass is 9.98. The first-order valence-electron chi connectivity index (χ1n) is 10.6. The number of carbonyl (C=O) groups is 2. The number of nitrogens with zero attached hydrogens (tertiary/aromatic N) is 3. The largest absolute Gasteiger partial charge is 0.385 e. The van der Waals surface area contributed by atoms with Crippen molar-refractivity contribution >= 4 is 21.8 Å². The smallest absolute Gasteiger partial charge is 0.234 e. The van der Waals surface area contributed by atoms with Gasteiger partial charge < -0.3 is 15.0 Å². The summed E-state index contributed by atoms with van der Waals surface area (Å²) in [6.07, 6.45) is 2.83. The molecular formula is C19H36N4O5S. The highest BCUT2D eigenvalue weighted by molar-refractivity contribution is 7.89.